The number of alkyl halides is 1. The van der Waals surface area contributed by atoms with Crippen molar-refractivity contribution in [2.75, 3.05) is 7.11 Å². The molecule has 1 rings (SSSR count). The van der Waals surface area contributed by atoms with Crippen LogP contribution in [0.3, 0.4) is 0 Å². The fourth-order valence-corrected chi connectivity index (χ4v) is 1.73. The van der Waals surface area contributed by atoms with Gasteiger partial charge in [0.1, 0.15) is 0 Å². The van der Waals surface area contributed by atoms with Gasteiger partial charge in [0, 0.05) is 10.9 Å². The van der Waals surface area contributed by atoms with Crippen LogP contribution in [0.15, 0.2) is 18.2 Å². The largest absolute Gasteiger partial charge is 0.490 e. The number of ether oxygens (including phenoxy) is 1. The number of halogens is 1. The van der Waals surface area contributed by atoms with Crippen LogP contribution >= 0.6 is 15.9 Å². The minimum absolute atomic E-state index is 0.0272. The van der Waals surface area contributed by atoms with Crippen molar-refractivity contribution in [3.63, 3.8) is 0 Å². The molecule has 0 fully saturated rings. The van der Waals surface area contributed by atoms with E-state index in [1.165, 1.54) is 7.11 Å². The number of rotatable bonds is 5. The van der Waals surface area contributed by atoms with Crippen molar-refractivity contribution < 1.29 is 9.66 Å². The van der Waals surface area contributed by atoms with Crippen LogP contribution in [0.5, 0.6) is 5.75 Å². The number of methoxy groups -OCH3 is 1. The lowest BCUT2D eigenvalue weighted by Gasteiger charge is -2.14. The molecule has 0 heterocycles. The lowest BCUT2D eigenvalue weighted by atomic mass is 9.98. The fraction of sp³-hybridized carbons (Fsp3) is 0.500. The van der Waals surface area contributed by atoms with Crippen LogP contribution < -0.4 is 4.74 Å². The zero-order valence-corrected chi connectivity index (χ0v) is 11.7. The average Bonchev–Trinajstić information content (AvgIpc) is 2.28. The Hall–Kier alpha value is -1.10. The zero-order chi connectivity index (χ0) is 13.0. The van der Waals surface area contributed by atoms with Crippen molar-refractivity contribution in [1.29, 1.82) is 0 Å². The molecule has 0 bridgehead atoms. The van der Waals surface area contributed by atoms with Crippen molar-refractivity contribution in [3.8, 4) is 5.75 Å². The maximum absolute atomic E-state index is 10.9. The Morgan fingerprint density at radius 3 is 2.59 bits per heavy atom. The molecule has 2 unspecified atom stereocenters. The molecule has 0 aliphatic carbocycles. The highest BCUT2D eigenvalue weighted by Gasteiger charge is 2.17. The van der Waals surface area contributed by atoms with Gasteiger partial charge in [0.05, 0.1) is 12.0 Å². The first-order valence-electron chi connectivity index (χ1n) is 5.41. The molecule has 0 aromatic heterocycles. The summed E-state index contributed by atoms with van der Waals surface area (Å²) in [5.74, 6) is 0.723. The highest BCUT2D eigenvalue weighted by atomic mass is 79.9. The summed E-state index contributed by atoms with van der Waals surface area (Å²) in [6.07, 6.45) is 0.803. The van der Waals surface area contributed by atoms with Gasteiger partial charge in [-0.1, -0.05) is 35.8 Å². The molecule has 0 saturated carbocycles. The molecule has 4 nitrogen and oxygen atoms in total. The van der Waals surface area contributed by atoms with E-state index in [4.69, 9.17) is 4.74 Å². The molecule has 17 heavy (non-hydrogen) atoms. The van der Waals surface area contributed by atoms with Crippen LogP contribution in [0.1, 0.15) is 19.4 Å². The Balaban J connectivity index is 2.96. The van der Waals surface area contributed by atoms with Crippen LogP contribution in [0.4, 0.5) is 5.69 Å². The Kier molecular flexibility index (Phi) is 4.93. The summed E-state index contributed by atoms with van der Waals surface area (Å²) < 4.78 is 4.96. The maximum Gasteiger partial charge on any atom is 0.311 e. The molecule has 1 aromatic carbocycles. The number of nitro groups is 1. The fourth-order valence-electron chi connectivity index (χ4n) is 1.54. The second-order valence-electron chi connectivity index (χ2n) is 4.12. The summed E-state index contributed by atoms with van der Waals surface area (Å²) in [6, 6.07) is 5.11. The highest BCUT2D eigenvalue weighted by Crippen LogP contribution is 2.29. The quantitative estimate of drug-likeness (QED) is 0.474. The predicted octanol–water partition coefficient (Wildman–Crippen LogP) is 3.57. The van der Waals surface area contributed by atoms with E-state index in [9.17, 15) is 10.1 Å². The first-order valence-corrected chi connectivity index (χ1v) is 6.32. The van der Waals surface area contributed by atoms with E-state index in [0.717, 1.165) is 12.0 Å². The summed E-state index contributed by atoms with van der Waals surface area (Å²) in [7, 11) is 1.44. The SMILES string of the molecule is COc1ccc(CC(C)C(C)Br)cc1[N+](=O)[O-]. The minimum atomic E-state index is -0.412. The Bertz CT molecular complexity index is 407. The lowest BCUT2D eigenvalue weighted by Crippen LogP contribution is -2.09. The van der Waals surface area contributed by atoms with Crippen LogP contribution in [-0.2, 0) is 6.42 Å². The van der Waals surface area contributed by atoms with E-state index in [-0.39, 0.29) is 5.69 Å². The third-order valence-electron chi connectivity index (χ3n) is 2.78. The van der Waals surface area contributed by atoms with Crippen molar-refractivity contribution in [1.82, 2.24) is 0 Å². The molecule has 0 N–H and O–H groups in total. The number of nitro benzene ring substituents is 1. The normalized spacial score (nSPS) is 14.1. The molecule has 0 spiro atoms. The first-order chi connectivity index (χ1) is 7.95. The smallest absolute Gasteiger partial charge is 0.311 e. The van der Waals surface area contributed by atoms with Crippen LogP contribution in [-0.4, -0.2) is 16.9 Å². The molecular weight excluding hydrogens is 286 g/mol. The second kappa shape index (κ2) is 6.00. The Morgan fingerprint density at radius 1 is 1.47 bits per heavy atom. The second-order valence-corrected chi connectivity index (χ2v) is 5.57. The summed E-state index contributed by atoms with van der Waals surface area (Å²) in [5, 5.41) is 10.9. The van der Waals surface area contributed by atoms with Gasteiger partial charge in [0.2, 0.25) is 0 Å². The zero-order valence-electron chi connectivity index (χ0n) is 10.1. The highest BCUT2D eigenvalue weighted by molar-refractivity contribution is 9.09. The third kappa shape index (κ3) is 3.70. The summed E-state index contributed by atoms with van der Waals surface area (Å²) in [5.41, 5.74) is 0.982. The first kappa shape index (κ1) is 14.0. The third-order valence-corrected chi connectivity index (χ3v) is 3.68. The lowest BCUT2D eigenvalue weighted by molar-refractivity contribution is -0.385. The van der Waals surface area contributed by atoms with Gasteiger partial charge in [0.15, 0.2) is 5.75 Å². The molecule has 94 valence electrons. The van der Waals surface area contributed by atoms with E-state index < -0.39 is 4.92 Å². The van der Waals surface area contributed by atoms with Gasteiger partial charge in [-0.15, -0.1) is 0 Å². The topological polar surface area (TPSA) is 52.4 Å². The maximum atomic E-state index is 10.9. The Labute approximate surface area is 109 Å². The van der Waals surface area contributed by atoms with E-state index in [0.29, 0.717) is 16.5 Å². The number of hydrogen-bond donors (Lipinski definition) is 0. The van der Waals surface area contributed by atoms with Gasteiger partial charge < -0.3 is 4.74 Å². The van der Waals surface area contributed by atoms with Gasteiger partial charge in [-0.2, -0.15) is 0 Å². The van der Waals surface area contributed by atoms with Crippen LogP contribution in [0.2, 0.25) is 0 Å². The number of hydrogen-bond acceptors (Lipinski definition) is 3. The molecule has 2 atom stereocenters. The van der Waals surface area contributed by atoms with Crippen LogP contribution in [0.25, 0.3) is 0 Å². The number of nitrogens with zero attached hydrogens (tertiary/aromatic N) is 1. The van der Waals surface area contributed by atoms with Crippen molar-refractivity contribution in [2.24, 2.45) is 5.92 Å². The van der Waals surface area contributed by atoms with E-state index in [1.54, 1.807) is 12.1 Å². The van der Waals surface area contributed by atoms with Crippen molar-refractivity contribution in [3.05, 3.63) is 33.9 Å². The predicted molar refractivity (Wildman–Crippen MR) is 70.9 cm³/mol. The van der Waals surface area contributed by atoms with Crippen molar-refractivity contribution >= 4 is 21.6 Å². The van der Waals surface area contributed by atoms with Gasteiger partial charge in [-0.05, 0) is 24.0 Å². The van der Waals surface area contributed by atoms with Gasteiger partial charge in [-0.25, -0.2) is 0 Å². The van der Waals surface area contributed by atoms with Gasteiger partial charge in [0.25, 0.3) is 0 Å². The van der Waals surface area contributed by atoms with E-state index in [1.807, 2.05) is 6.07 Å². The molecule has 0 saturated heterocycles. The molecule has 1 aromatic rings. The molecular formula is C12H16BrNO3. The minimum Gasteiger partial charge on any atom is -0.490 e. The summed E-state index contributed by atoms with van der Waals surface area (Å²) in [6.45, 7) is 4.18. The Morgan fingerprint density at radius 2 is 2.12 bits per heavy atom. The molecule has 0 amide bonds. The van der Waals surface area contributed by atoms with E-state index >= 15 is 0 Å². The van der Waals surface area contributed by atoms with Gasteiger partial charge in [-0.3, -0.25) is 10.1 Å². The van der Waals surface area contributed by atoms with E-state index in [2.05, 4.69) is 29.8 Å². The average molecular weight is 302 g/mol. The van der Waals surface area contributed by atoms with Gasteiger partial charge >= 0.3 is 5.69 Å². The van der Waals surface area contributed by atoms with Crippen molar-refractivity contribution in [2.45, 2.75) is 25.1 Å². The molecule has 0 aliphatic heterocycles. The summed E-state index contributed by atoms with van der Waals surface area (Å²) >= 11 is 3.51. The molecule has 5 heteroatoms. The standard InChI is InChI=1S/C12H16BrNO3/c1-8(9(2)13)6-10-4-5-12(17-3)11(7-10)14(15)16/h4-5,7-9H,6H2,1-3H3. The number of benzene rings is 1. The molecule has 0 aliphatic rings. The van der Waals surface area contributed by atoms with Crippen LogP contribution in [0, 0.1) is 16.0 Å². The molecule has 0 radical (unpaired) electrons. The summed E-state index contributed by atoms with van der Waals surface area (Å²) in [4.78, 5) is 10.8. The monoisotopic (exact) mass is 301 g/mol.